The summed E-state index contributed by atoms with van der Waals surface area (Å²) >= 11 is 1.55. The molecule has 24 heteroatoms. The molecule has 10 rings (SSSR count). The number of piperazine rings is 1. The predicted octanol–water partition coefficient (Wildman–Crippen LogP) is 10.0. The topological polar surface area (TPSA) is 210 Å². The van der Waals surface area contributed by atoms with Crippen LogP contribution in [0.4, 0.5) is 28.2 Å². The second-order valence-corrected chi connectivity index (χ2v) is 28.0. The van der Waals surface area contributed by atoms with Gasteiger partial charge in [0.1, 0.15) is 47.2 Å². The maximum absolute atomic E-state index is 17.8. The van der Waals surface area contributed by atoms with E-state index in [1.165, 1.54) is 18.1 Å². The van der Waals surface area contributed by atoms with Gasteiger partial charge in [0, 0.05) is 94.1 Å². The van der Waals surface area contributed by atoms with Crippen LogP contribution in [0.25, 0.3) is 43.2 Å². The molecule has 1 aliphatic carbocycles. The normalized spacial score (nSPS) is 21.4. The summed E-state index contributed by atoms with van der Waals surface area (Å²) in [4.78, 5) is 76.2. The number of aliphatic hydroxyl groups is 1. The fraction of sp³-hybridized carbons (Fsp3) is 0.515. The Bertz CT molecular complexity index is 3800. The summed E-state index contributed by atoms with van der Waals surface area (Å²) in [7, 11) is 3.13. The predicted molar refractivity (Wildman–Crippen MR) is 341 cm³/mol. The minimum Gasteiger partial charge on any atom is -0.468 e. The summed E-state index contributed by atoms with van der Waals surface area (Å²) in [6.07, 6.45) is 5.57. The number of aliphatic hydroxyl groups excluding tert-OH is 1. The summed E-state index contributed by atoms with van der Waals surface area (Å²) in [5, 5.41) is 17.4. The first-order chi connectivity index (χ1) is 43.5. The minimum atomic E-state index is -3.16. The average Bonchev–Trinajstić information content (AvgIpc) is 1.33. The first-order valence-corrected chi connectivity index (χ1v) is 31.8. The van der Waals surface area contributed by atoms with Crippen LogP contribution in [0.1, 0.15) is 104 Å². The zero-order valence-corrected chi connectivity index (χ0v) is 54.5. The number of fused-ring (bicyclic) bond motifs is 4. The summed E-state index contributed by atoms with van der Waals surface area (Å²) < 4.78 is 95.2. The molecule has 4 fully saturated rings. The van der Waals surface area contributed by atoms with Crippen molar-refractivity contribution in [2.75, 3.05) is 78.4 Å². The number of hydrogen-bond donors (Lipinski definition) is 3. The van der Waals surface area contributed by atoms with Crippen molar-refractivity contribution in [3.63, 3.8) is 0 Å². The number of thiazole rings is 1. The largest absolute Gasteiger partial charge is 0.468 e. The highest BCUT2D eigenvalue weighted by atomic mass is 32.1. The van der Waals surface area contributed by atoms with Gasteiger partial charge in [-0.15, -0.1) is 17.8 Å². The van der Waals surface area contributed by atoms with Crippen molar-refractivity contribution >= 4 is 62.6 Å². The van der Waals surface area contributed by atoms with E-state index in [0.717, 1.165) is 27.8 Å². The van der Waals surface area contributed by atoms with Gasteiger partial charge in [-0.25, -0.2) is 27.3 Å². The smallest absolute Gasteiger partial charge is 0.411 e. The van der Waals surface area contributed by atoms with E-state index in [4.69, 9.17) is 35.1 Å². The molecule has 492 valence electrons. The number of aromatic nitrogens is 3. The van der Waals surface area contributed by atoms with Gasteiger partial charge in [-0.3, -0.25) is 19.3 Å². The van der Waals surface area contributed by atoms with Gasteiger partial charge in [0.05, 0.1) is 51.4 Å². The number of methoxy groups -OCH3 is 1. The number of nitrogens with one attached hydrogen (secondary N) is 2. The Labute approximate surface area is 537 Å². The Morgan fingerprint density at radius 2 is 1.75 bits per heavy atom. The SMILES string of the molecule is C#Cc1cccc2cc(OCOC)cc(-c3c(F)cc4c(N5C[C@H]6CC[C@@](C)(C5)N6C(=O)OC(C)(C)C)nc(OC[C@]5(CN(C)CCCOCCC(=O)N[C@H](C(=O)N6C[C@H](O)C[C@H]6C(=O)NCc6ccc(-c7scnc7C)cc6)C(C)(C)C)CC5(F)F)nc4c3F)c12. The minimum absolute atomic E-state index is 0.00572. The number of carbonyl (C=O) groups excluding carboxylic acids is 4. The Balaban J connectivity index is 0.786. The number of β-amino-alcohol motifs (C(OH)–C–C–N with tert-alkyl or cyclic N) is 1. The van der Waals surface area contributed by atoms with Crippen LogP contribution in [0.15, 0.2) is 66.2 Å². The zero-order chi connectivity index (χ0) is 66.2. The highest BCUT2D eigenvalue weighted by Gasteiger charge is 2.72. The van der Waals surface area contributed by atoms with Crippen molar-refractivity contribution in [2.24, 2.45) is 10.8 Å². The number of ether oxygens (including phenoxy) is 5. The number of benzene rings is 4. The quantitative estimate of drug-likeness (QED) is 0.0236. The van der Waals surface area contributed by atoms with Gasteiger partial charge in [-0.2, -0.15) is 9.97 Å². The number of halogens is 4. The molecule has 4 amide bonds. The maximum atomic E-state index is 17.8. The lowest BCUT2D eigenvalue weighted by Gasteiger charge is -2.47. The number of amides is 4. The summed E-state index contributed by atoms with van der Waals surface area (Å²) in [6.45, 7) is 14.8. The Morgan fingerprint density at radius 3 is 2.41 bits per heavy atom. The van der Waals surface area contributed by atoms with Crippen molar-refractivity contribution in [1.82, 2.24) is 40.3 Å². The Morgan fingerprint density at radius 1 is 1.00 bits per heavy atom. The molecule has 3 aliphatic heterocycles. The molecule has 3 saturated heterocycles. The zero-order valence-electron chi connectivity index (χ0n) is 53.7. The number of hydrogen-bond acceptors (Lipinski definition) is 16. The Hall–Kier alpha value is -7.69. The van der Waals surface area contributed by atoms with Gasteiger partial charge in [0.15, 0.2) is 12.6 Å². The number of rotatable bonds is 23. The molecule has 0 spiro atoms. The van der Waals surface area contributed by atoms with Gasteiger partial charge >= 0.3 is 12.1 Å². The number of likely N-dealkylation sites (tertiary alicyclic amines) is 1. The van der Waals surface area contributed by atoms with Gasteiger partial charge in [0.2, 0.25) is 17.7 Å². The van der Waals surface area contributed by atoms with Crippen LogP contribution in [0.5, 0.6) is 11.8 Å². The highest BCUT2D eigenvalue weighted by Crippen LogP contribution is 2.61. The number of terminal acetylenes is 1. The van der Waals surface area contributed by atoms with Crippen LogP contribution in [0, 0.1) is 41.7 Å². The summed E-state index contributed by atoms with van der Waals surface area (Å²) in [5.41, 5.74) is 0.179. The van der Waals surface area contributed by atoms with Gasteiger partial charge in [-0.05, 0) is 107 Å². The average molecular weight is 1290 g/mol. The molecule has 5 heterocycles. The molecule has 4 aromatic carbocycles. The van der Waals surface area contributed by atoms with Crippen LogP contribution in [0.3, 0.4) is 0 Å². The van der Waals surface area contributed by atoms with Crippen molar-refractivity contribution in [3.8, 4) is 45.7 Å². The van der Waals surface area contributed by atoms with Gasteiger partial charge in [-0.1, -0.05) is 63.1 Å². The second kappa shape index (κ2) is 26.7. The first-order valence-electron chi connectivity index (χ1n) is 31.0. The number of aryl methyl sites for hydroxylation is 1. The van der Waals surface area contributed by atoms with Crippen LogP contribution < -0.4 is 25.0 Å². The fourth-order valence-corrected chi connectivity index (χ4v) is 13.8. The first kappa shape index (κ1) is 67.2. The van der Waals surface area contributed by atoms with Gasteiger partial charge in [0.25, 0.3) is 5.92 Å². The monoisotopic (exact) mass is 1290 g/mol. The number of anilines is 1. The molecule has 0 unspecified atom stereocenters. The van der Waals surface area contributed by atoms with Crippen LogP contribution in [0.2, 0.25) is 0 Å². The van der Waals surface area contributed by atoms with E-state index in [-0.39, 0.29) is 99.6 Å². The molecule has 2 aromatic heterocycles. The molecule has 6 aromatic rings. The third-order valence-corrected chi connectivity index (χ3v) is 18.6. The van der Waals surface area contributed by atoms with E-state index in [1.54, 1.807) is 99.5 Å². The molecule has 2 bridgehead atoms. The van der Waals surface area contributed by atoms with E-state index in [1.807, 2.05) is 43.0 Å². The summed E-state index contributed by atoms with van der Waals surface area (Å²) in [6, 6.07) is 14.4. The van der Waals surface area contributed by atoms with E-state index in [0.29, 0.717) is 42.1 Å². The molecule has 4 aliphatic rings. The lowest BCUT2D eigenvalue weighted by molar-refractivity contribution is -0.144. The Kier molecular flexibility index (Phi) is 19.5. The van der Waals surface area contributed by atoms with Crippen LogP contribution >= 0.6 is 11.3 Å². The molecule has 92 heavy (non-hydrogen) atoms. The molecular weight excluding hydrogens is 1210 g/mol. The third kappa shape index (κ3) is 14.4. The van der Waals surface area contributed by atoms with Crippen LogP contribution in [-0.2, 0) is 35.1 Å². The lowest BCUT2D eigenvalue weighted by Crippen LogP contribution is -2.63. The van der Waals surface area contributed by atoms with E-state index in [9.17, 15) is 24.3 Å². The fourth-order valence-electron chi connectivity index (χ4n) is 13.0. The summed E-state index contributed by atoms with van der Waals surface area (Å²) in [5.74, 6) is -3.63. The number of nitrogens with zero attached hydrogens (tertiary/aromatic N) is 7. The van der Waals surface area contributed by atoms with Gasteiger partial charge < -0.3 is 54.1 Å². The molecular formula is C68H81F4N9O10S. The highest BCUT2D eigenvalue weighted by molar-refractivity contribution is 7.13. The molecule has 1 saturated carbocycles. The van der Waals surface area contributed by atoms with E-state index < -0.39 is 106 Å². The maximum Gasteiger partial charge on any atom is 0.411 e. The number of alkyl halides is 2. The molecule has 0 radical (unpaired) electrons. The third-order valence-electron chi connectivity index (χ3n) is 17.7. The number of carbonyl (C=O) groups is 4. The van der Waals surface area contributed by atoms with Crippen LogP contribution in [-0.4, -0.2) is 173 Å². The van der Waals surface area contributed by atoms with E-state index in [2.05, 4.69) is 26.5 Å². The van der Waals surface area contributed by atoms with Crippen molar-refractivity contribution in [2.45, 2.75) is 142 Å². The standard InChI is InChI=1S/C68H81F4N9O10S/c1-12-42-15-13-16-44-27-47(90-39-87-11)29-48(53(42)44)54-50(69)30-49-56(55(54)70)76-62(77-59(49)79-32-45-21-23-66(9,35-79)81(45)63(86)91-65(6,7)8)89-37-67(34-68(67,71)72)36-78(10)24-14-25-88-26-22-52(83)75-58(64(3,4)5)61(85)80-33-46(82)28-51(80)60(84)73-31-41-17-19-43(20-18-41)57-40(2)74-38-92-57/h1,13,15-20,27,29-30,38,45-46,51,58,82H,14,21-26,28,31-37,39H2,2-11H3,(H,73,84)(H,75,83)/t45-,46-,51+,58-,66+,67-/m1/s1. The van der Waals surface area contributed by atoms with Crippen molar-refractivity contribution in [1.29, 1.82) is 0 Å². The van der Waals surface area contributed by atoms with E-state index >= 15 is 17.6 Å². The molecule has 3 N–H and O–H groups in total. The molecule has 19 nitrogen and oxygen atoms in total. The van der Waals surface area contributed by atoms with Crippen molar-refractivity contribution < 1.29 is 65.5 Å². The molecule has 6 atom stereocenters. The van der Waals surface area contributed by atoms with Crippen molar-refractivity contribution in [3.05, 3.63) is 94.6 Å². The second-order valence-electron chi connectivity index (χ2n) is 27.1. The lowest BCUT2D eigenvalue weighted by atomic mass is 9.85.